The summed E-state index contributed by atoms with van der Waals surface area (Å²) in [6.07, 6.45) is 0. The second-order valence-corrected chi connectivity index (χ2v) is 7.78. The van der Waals surface area contributed by atoms with Gasteiger partial charge in [-0.25, -0.2) is 4.79 Å². The lowest BCUT2D eigenvalue weighted by atomic mass is 10.2. The van der Waals surface area contributed by atoms with Crippen LogP contribution < -0.4 is 10.6 Å². The van der Waals surface area contributed by atoms with Gasteiger partial charge in [-0.1, -0.05) is 42.1 Å². The lowest BCUT2D eigenvalue weighted by Gasteiger charge is -2.13. The smallest absolute Gasteiger partial charge is 0.339 e. The molecule has 166 valence electrons. The molecule has 0 spiro atoms. The van der Waals surface area contributed by atoms with Gasteiger partial charge in [-0.15, -0.1) is 10.2 Å². The molecule has 0 saturated heterocycles. The van der Waals surface area contributed by atoms with E-state index in [0.717, 1.165) is 0 Å². The molecular weight excluding hydrogens is 430 g/mol. The van der Waals surface area contributed by atoms with Crippen molar-refractivity contribution in [1.82, 2.24) is 20.1 Å². The molecule has 1 aromatic heterocycles. The molecule has 1 unspecified atom stereocenters. The number of anilines is 1. The van der Waals surface area contributed by atoms with Crippen molar-refractivity contribution < 1.29 is 19.1 Å². The van der Waals surface area contributed by atoms with E-state index >= 15 is 0 Å². The number of aromatic nitrogens is 3. The quantitative estimate of drug-likeness (QED) is 0.398. The minimum Gasteiger partial charge on any atom is -0.465 e. The van der Waals surface area contributed by atoms with Gasteiger partial charge in [0.15, 0.2) is 11.0 Å². The number of nitrogens with zero attached hydrogens (tertiary/aromatic N) is 3. The summed E-state index contributed by atoms with van der Waals surface area (Å²) in [4.78, 5) is 36.6. The highest BCUT2D eigenvalue weighted by Crippen LogP contribution is 2.21. The highest BCUT2D eigenvalue weighted by atomic mass is 32.2. The van der Waals surface area contributed by atoms with Crippen molar-refractivity contribution in [3.8, 4) is 0 Å². The van der Waals surface area contributed by atoms with E-state index in [4.69, 9.17) is 4.74 Å². The third kappa shape index (κ3) is 5.52. The summed E-state index contributed by atoms with van der Waals surface area (Å²) >= 11 is 1.20. The van der Waals surface area contributed by atoms with E-state index in [-0.39, 0.29) is 29.2 Å². The number of para-hydroxylation sites is 1. The molecule has 0 bridgehead atoms. The number of benzene rings is 2. The fourth-order valence-corrected chi connectivity index (χ4v) is 3.68. The monoisotopic (exact) mass is 453 g/mol. The number of amides is 2. The van der Waals surface area contributed by atoms with Crippen molar-refractivity contribution in [3.05, 3.63) is 71.5 Å². The maximum absolute atomic E-state index is 12.4. The Morgan fingerprint density at radius 3 is 2.47 bits per heavy atom. The number of nitrogens with one attached hydrogen (secondary N) is 2. The molecule has 0 aliphatic heterocycles. The second-order valence-electron chi connectivity index (χ2n) is 6.83. The first-order chi connectivity index (χ1) is 15.4. The van der Waals surface area contributed by atoms with Gasteiger partial charge in [0.05, 0.1) is 30.2 Å². The lowest BCUT2D eigenvalue weighted by molar-refractivity contribution is -0.113. The second kappa shape index (κ2) is 10.6. The zero-order chi connectivity index (χ0) is 23.1. The first-order valence-corrected chi connectivity index (χ1v) is 10.7. The molecule has 3 rings (SSSR count). The Balaban J connectivity index is 1.60. The average molecular weight is 454 g/mol. The van der Waals surface area contributed by atoms with Gasteiger partial charge in [0.1, 0.15) is 0 Å². The number of esters is 1. The molecule has 3 aromatic rings. The third-order valence-corrected chi connectivity index (χ3v) is 5.60. The summed E-state index contributed by atoms with van der Waals surface area (Å²) in [5, 5.41) is 14.4. The van der Waals surface area contributed by atoms with E-state index in [1.165, 1.54) is 18.9 Å². The molecule has 1 heterocycles. The molecule has 32 heavy (non-hydrogen) atoms. The molecule has 0 radical (unpaired) electrons. The Morgan fingerprint density at radius 2 is 1.75 bits per heavy atom. The Hall–Kier alpha value is -3.66. The number of carbonyl (C=O) groups is 3. The molecule has 2 amide bonds. The minimum absolute atomic E-state index is 0.0617. The largest absolute Gasteiger partial charge is 0.465 e. The lowest BCUT2D eigenvalue weighted by Crippen LogP contribution is -2.28. The summed E-state index contributed by atoms with van der Waals surface area (Å²) in [5.74, 6) is -0.418. The van der Waals surface area contributed by atoms with Crippen molar-refractivity contribution in [1.29, 1.82) is 0 Å². The topological polar surface area (TPSA) is 115 Å². The first-order valence-electron chi connectivity index (χ1n) is 9.76. The van der Waals surface area contributed by atoms with Crippen LogP contribution in [0.3, 0.4) is 0 Å². The van der Waals surface area contributed by atoms with E-state index in [1.807, 2.05) is 13.0 Å². The van der Waals surface area contributed by atoms with Crippen LogP contribution in [0.5, 0.6) is 0 Å². The Bertz CT molecular complexity index is 1120. The van der Waals surface area contributed by atoms with Gasteiger partial charge in [-0.05, 0) is 31.2 Å². The summed E-state index contributed by atoms with van der Waals surface area (Å²) < 4.78 is 6.47. The van der Waals surface area contributed by atoms with Crippen LogP contribution in [0.2, 0.25) is 0 Å². The molecule has 1 atom stereocenters. The highest BCUT2D eigenvalue weighted by Gasteiger charge is 2.19. The van der Waals surface area contributed by atoms with Crippen molar-refractivity contribution >= 4 is 35.2 Å². The average Bonchev–Trinajstić information content (AvgIpc) is 3.18. The molecule has 10 heteroatoms. The summed E-state index contributed by atoms with van der Waals surface area (Å²) in [6, 6.07) is 15.1. The van der Waals surface area contributed by atoms with Gasteiger partial charge in [0, 0.05) is 12.6 Å². The molecule has 2 N–H and O–H groups in total. The van der Waals surface area contributed by atoms with Gasteiger partial charge in [-0.3, -0.25) is 9.59 Å². The highest BCUT2D eigenvalue weighted by molar-refractivity contribution is 7.99. The normalized spacial score (nSPS) is 11.5. The summed E-state index contributed by atoms with van der Waals surface area (Å²) in [6.45, 7) is 1.82. The van der Waals surface area contributed by atoms with Gasteiger partial charge in [-0.2, -0.15) is 0 Å². The Kier molecular flexibility index (Phi) is 7.61. The predicted molar refractivity (Wildman–Crippen MR) is 120 cm³/mol. The van der Waals surface area contributed by atoms with Crippen LogP contribution in [0.15, 0.2) is 59.8 Å². The van der Waals surface area contributed by atoms with Crippen molar-refractivity contribution in [3.63, 3.8) is 0 Å². The van der Waals surface area contributed by atoms with Crippen LogP contribution in [-0.2, 0) is 16.6 Å². The van der Waals surface area contributed by atoms with E-state index in [0.29, 0.717) is 22.2 Å². The maximum atomic E-state index is 12.4. The van der Waals surface area contributed by atoms with Crippen LogP contribution in [-0.4, -0.2) is 45.4 Å². The van der Waals surface area contributed by atoms with Crippen molar-refractivity contribution in [2.45, 2.75) is 18.1 Å². The SMILES string of the molecule is COC(=O)c1ccccc1NC(=O)CSc1nnc(C(C)NC(=O)c2ccccc2)n1C. The molecule has 0 saturated carbocycles. The Labute approximate surface area is 189 Å². The molecule has 0 aliphatic rings. The van der Waals surface area contributed by atoms with E-state index in [2.05, 4.69) is 20.8 Å². The fraction of sp³-hybridized carbons (Fsp3) is 0.227. The van der Waals surface area contributed by atoms with Gasteiger partial charge >= 0.3 is 5.97 Å². The number of thioether (sulfide) groups is 1. The number of ether oxygens (including phenoxy) is 1. The van der Waals surface area contributed by atoms with Gasteiger partial charge in [0.25, 0.3) is 5.91 Å². The Morgan fingerprint density at radius 1 is 1.06 bits per heavy atom. The third-order valence-electron chi connectivity index (χ3n) is 4.58. The molecular formula is C22H23N5O4S. The number of methoxy groups -OCH3 is 1. The number of rotatable bonds is 8. The molecule has 2 aromatic carbocycles. The van der Waals surface area contributed by atoms with Gasteiger partial charge in [0.2, 0.25) is 5.91 Å². The predicted octanol–water partition coefficient (Wildman–Crippen LogP) is 2.82. The zero-order valence-electron chi connectivity index (χ0n) is 17.9. The van der Waals surface area contributed by atoms with E-state index in [9.17, 15) is 14.4 Å². The number of hydrogen-bond acceptors (Lipinski definition) is 7. The van der Waals surface area contributed by atoms with Crippen molar-refractivity contribution in [2.24, 2.45) is 7.05 Å². The summed E-state index contributed by atoms with van der Waals surface area (Å²) in [7, 11) is 3.05. The van der Waals surface area contributed by atoms with Crippen LogP contribution in [0, 0.1) is 0 Å². The fourth-order valence-electron chi connectivity index (χ4n) is 2.96. The van der Waals surface area contributed by atoms with E-state index < -0.39 is 5.97 Å². The maximum Gasteiger partial charge on any atom is 0.339 e. The van der Waals surface area contributed by atoms with Gasteiger partial charge < -0.3 is 19.9 Å². The van der Waals surface area contributed by atoms with Crippen LogP contribution >= 0.6 is 11.8 Å². The minimum atomic E-state index is -0.530. The van der Waals surface area contributed by atoms with E-state index in [1.54, 1.807) is 60.1 Å². The summed E-state index contributed by atoms with van der Waals surface area (Å²) in [5.41, 5.74) is 1.21. The molecule has 0 fully saturated rings. The van der Waals surface area contributed by atoms with Crippen LogP contribution in [0.25, 0.3) is 0 Å². The number of hydrogen-bond donors (Lipinski definition) is 2. The molecule has 9 nitrogen and oxygen atoms in total. The zero-order valence-corrected chi connectivity index (χ0v) is 18.7. The van der Waals surface area contributed by atoms with Crippen molar-refractivity contribution in [2.75, 3.05) is 18.2 Å². The van der Waals surface area contributed by atoms with Crippen LogP contribution in [0.4, 0.5) is 5.69 Å². The number of carbonyl (C=O) groups excluding carboxylic acids is 3. The van der Waals surface area contributed by atoms with Crippen LogP contribution in [0.1, 0.15) is 39.5 Å². The molecule has 0 aliphatic carbocycles. The first kappa shape index (κ1) is 23.0. The standard InChI is InChI=1S/C22H23N5O4S/c1-14(23-20(29)15-9-5-4-6-10-15)19-25-26-22(27(19)2)32-13-18(28)24-17-12-8-7-11-16(17)21(30)31-3/h4-12,14H,13H2,1-3H3,(H,23,29)(H,24,28).